The molecule has 2 rings (SSSR count). The summed E-state index contributed by atoms with van der Waals surface area (Å²) in [6.07, 6.45) is 1.65. The molecule has 0 saturated carbocycles. The third-order valence-electron chi connectivity index (χ3n) is 2.73. The third-order valence-corrected chi connectivity index (χ3v) is 2.73. The number of aromatic nitrogens is 1. The van der Waals surface area contributed by atoms with Crippen LogP contribution in [0.5, 0.6) is 0 Å². The number of hydrogen-bond donors (Lipinski definition) is 1. The van der Waals surface area contributed by atoms with Gasteiger partial charge in [-0.15, -0.1) is 0 Å². The van der Waals surface area contributed by atoms with Crippen LogP contribution in [0, 0.1) is 13.8 Å². The second kappa shape index (κ2) is 5.45. The fourth-order valence-corrected chi connectivity index (χ4v) is 1.68. The molecule has 0 unspecified atom stereocenters. The molecule has 1 amide bonds. The molecule has 1 N–H and O–H groups in total. The number of rotatable bonds is 3. The molecule has 0 fully saturated rings. The number of carbonyl (C=O) groups is 1. The van der Waals surface area contributed by atoms with Gasteiger partial charge in [0.15, 0.2) is 0 Å². The van der Waals surface area contributed by atoms with Crippen LogP contribution < -0.4 is 5.32 Å². The van der Waals surface area contributed by atoms with Gasteiger partial charge in [0.2, 0.25) is 0 Å². The van der Waals surface area contributed by atoms with E-state index in [1.54, 1.807) is 18.3 Å². The molecule has 1 aromatic carbocycles. The molecule has 0 aliphatic heterocycles. The van der Waals surface area contributed by atoms with Crippen LogP contribution in [0.25, 0.3) is 0 Å². The third kappa shape index (κ3) is 3.17. The highest BCUT2D eigenvalue weighted by Crippen LogP contribution is 2.04. The Labute approximate surface area is 107 Å². The van der Waals surface area contributed by atoms with E-state index >= 15 is 0 Å². The number of amides is 1. The van der Waals surface area contributed by atoms with E-state index in [9.17, 15) is 4.79 Å². The summed E-state index contributed by atoms with van der Waals surface area (Å²) in [7, 11) is 0. The number of carbonyl (C=O) groups excluding carboxylic acids is 1. The smallest absolute Gasteiger partial charge is 0.251 e. The highest BCUT2D eigenvalue weighted by molar-refractivity contribution is 5.94. The molecule has 0 radical (unpaired) electrons. The van der Waals surface area contributed by atoms with Gasteiger partial charge in [-0.1, -0.05) is 29.8 Å². The van der Waals surface area contributed by atoms with Crippen molar-refractivity contribution >= 4 is 5.91 Å². The van der Waals surface area contributed by atoms with E-state index in [4.69, 9.17) is 0 Å². The van der Waals surface area contributed by atoms with Crippen LogP contribution in [0.4, 0.5) is 0 Å². The summed E-state index contributed by atoms with van der Waals surface area (Å²) in [6, 6.07) is 11.6. The molecule has 0 aliphatic rings. The zero-order chi connectivity index (χ0) is 13.0. The number of benzene rings is 1. The van der Waals surface area contributed by atoms with Gasteiger partial charge >= 0.3 is 0 Å². The highest BCUT2D eigenvalue weighted by Gasteiger charge is 2.05. The van der Waals surface area contributed by atoms with Crippen LogP contribution in [0.3, 0.4) is 0 Å². The Morgan fingerprint density at radius 1 is 1.17 bits per heavy atom. The molecule has 1 heterocycles. The standard InChI is InChI=1S/C15H16N2O/c1-11-3-5-13(6-4-11)10-17-15(18)14-7-8-16-12(2)9-14/h3-9H,10H2,1-2H3,(H,17,18). The summed E-state index contributed by atoms with van der Waals surface area (Å²) >= 11 is 0. The minimum absolute atomic E-state index is 0.0684. The summed E-state index contributed by atoms with van der Waals surface area (Å²) in [4.78, 5) is 16.0. The molecular formula is C15H16N2O. The monoisotopic (exact) mass is 240 g/mol. The van der Waals surface area contributed by atoms with Crippen molar-refractivity contribution in [1.29, 1.82) is 0 Å². The summed E-state index contributed by atoms with van der Waals surface area (Å²) < 4.78 is 0. The van der Waals surface area contributed by atoms with Crippen molar-refractivity contribution in [3.63, 3.8) is 0 Å². The molecular weight excluding hydrogens is 224 g/mol. The molecule has 3 nitrogen and oxygen atoms in total. The molecule has 3 heteroatoms. The van der Waals surface area contributed by atoms with Gasteiger partial charge in [0.05, 0.1) is 0 Å². The van der Waals surface area contributed by atoms with Crippen LogP contribution in [-0.2, 0) is 6.54 Å². The van der Waals surface area contributed by atoms with E-state index in [0.717, 1.165) is 11.3 Å². The first-order valence-corrected chi connectivity index (χ1v) is 5.91. The Morgan fingerprint density at radius 2 is 1.89 bits per heavy atom. The maximum Gasteiger partial charge on any atom is 0.251 e. The minimum Gasteiger partial charge on any atom is -0.348 e. The molecule has 0 atom stereocenters. The average molecular weight is 240 g/mol. The first-order valence-electron chi connectivity index (χ1n) is 5.91. The zero-order valence-corrected chi connectivity index (χ0v) is 10.6. The van der Waals surface area contributed by atoms with Crippen LogP contribution in [0.1, 0.15) is 27.2 Å². The van der Waals surface area contributed by atoms with Gasteiger partial charge in [0.1, 0.15) is 0 Å². The van der Waals surface area contributed by atoms with Crippen molar-refractivity contribution in [3.05, 3.63) is 65.0 Å². The topological polar surface area (TPSA) is 42.0 Å². The van der Waals surface area contributed by atoms with Crippen molar-refractivity contribution in [2.45, 2.75) is 20.4 Å². The SMILES string of the molecule is Cc1ccc(CNC(=O)c2ccnc(C)c2)cc1. The van der Waals surface area contributed by atoms with Gasteiger partial charge in [-0.2, -0.15) is 0 Å². The maximum absolute atomic E-state index is 11.9. The van der Waals surface area contributed by atoms with E-state index in [1.165, 1.54) is 5.56 Å². The van der Waals surface area contributed by atoms with E-state index in [1.807, 2.05) is 38.1 Å². The van der Waals surface area contributed by atoms with Gasteiger partial charge < -0.3 is 5.32 Å². The summed E-state index contributed by atoms with van der Waals surface area (Å²) in [5, 5.41) is 2.90. The van der Waals surface area contributed by atoms with Crippen LogP contribution >= 0.6 is 0 Å². The van der Waals surface area contributed by atoms with E-state index in [2.05, 4.69) is 10.3 Å². The van der Waals surface area contributed by atoms with Crippen molar-refractivity contribution in [3.8, 4) is 0 Å². The second-order valence-corrected chi connectivity index (χ2v) is 4.35. The first-order chi connectivity index (χ1) is 8.65. The largest absolute Gasteiger partial charge is 0.348 e. The van der Waals surface area contributed by atoms with Crippen molar-refractivity contribution in [1.82, 2.24) is 10.3 Å². The van der Waals surface area contributed by atoms with Gasteiger partial charge in [0, 0.05) is 24.0 Å². The van der Waals surface area contributed by atoms with Crippen LogP contribution in [0.15, 0.2) is 42.6 Å². The number of nitrogens with one attached hydrogen (secondary N) is 1. The number of pyridine rings is 1. The lowest BCUT2D eigenvalue weighted by molar-refractivity contribution is 0.0950. The molecule has 0 aliphatic carbocycles. The normalized spacial score (nSPS) is 10.1. The minimum atomic E-state index is -0.0684. The van der Waals surface area contributed by atoms with E-state index < -0.39 is 0 Å². The number of hydrogen-bond acceptors (Lipinski definition) is 2. The molecule has 0 bridgehead atoms. The van der Waals surface area contributed by atoms with Gasteiger partial charge in [-0.3, -0.25) is 9.78 Å². The molecule has 2 aromatic rings. The molecule has 18 heavy (non-hydrogen) atoms. The van der Waals surface area contributed by atoms with Crippen LogP contribution in [-0.4, -0.2) is 10.9 Å². The predicted octanol–water partition coefficient (Wildman–Crippen LogP) is 2.63. The Hall–Kier alpha value is -2.16. The van der Waals surface area contributed by atoms with Crippen molar-refractivity contribution in [2.24, 2.45) is 0 Å². The Bertz CT molecular complexity index is 547. The Balaban J connectivity index is 1.98. The highest BCUT2D eigenvalue weighted by atomic mass is 16.1. The predicted molar refractivity (Wildman–Crippen MR) is 71.3 cm³/mol. The van der Waals surface area contributed by atoms with E-state index in [-0.39, 0.29) is 5.91 Å². The Morgan fingerprint density at radius 3 is 2.56 bits per heavy atom. The maximum atomic E-state index is 11.9. The fraction of sp³-hybridized carbons (Fsp3) is 0.200. The summed E-state index contributed by atoms with van der Waals surface area (Å²) in [5.74, 6) is -0.0684. The summed E-state index contributed by atoms with van der Waals surface area (Å²) in [5.41, 5.74) is 3.81. The molecule has 0 saturated heterocycles. The van der Waals surface area contributed by atoms with Crippen LogP contribution in [0.2, 0.25) is 0 Å². The second-order valence-electron chi connectivity index (χ2n) is 4.35. The van der Waals surface area contributed by atoms with Gasteiger partial charge in [-0.25, -0.2) is 0 Å². The average Bonchev–Trinajstić information content (AvgIpc) is 2.38. The lowest BCUT2D eigenvalue weighted by atomic mass is 10.1. The summed E-state index contributed by atoms with van der Waals surface area (Å²) in [6.45, 7) is 4.46. The molecule has 1 aromatic heterocycles. The zero-order valence-electron chi connectivity index (χ0n) is 10.6. The molecule has 92 valence electrons. The van der Waals surface area contributed by atoms with Gasteiger partial charge in [0.25, 0.3) is 5.91 Å². The Kier molecular flexibility index (Phi) is 3.72. The fourth-order valence-electron chi connectivity index (χ4n) is 1.68. The van der Waals surface area contributed by atoms with Crippen molar-refractivity contribution in [2.75, 3.05) is 0 Å². The molecule has 0 spiro atoms. The lowest BCUT2D eigenvalue weighted by Gasteiger charge is -2.06. The number of aryl methyl sites for hydroxylation is 2. The van der Waals surface area contributed by atoms with Gasteiger partial charge in [-0.05, 0) is 31.5 Å². The van der Waals surface area contributed by atoms with Crippen molar-refractivity contribution < 1.29 is 4.79 Å². The quantitative estimate of drug-likeness (QED) is 0.896. The van der Waals surface area contributed by atoms with E-state index in [0.29, 0.717) is 12.1 Å². The lowest BCUT2D eigenvalue weighted by Crippen LogP contribution is -2.22. The number of nitrogens with zero attached hydrogens (tertiary/aromatic N) is 1. The first kappa shape index (κ1) is 12.3.